The van der Waals surface area contributed by atoms with Crippen LogP contribution in [0.25, 0.3) is 0 Å². The predicted molar refractivity (Wildman–Crippen MR) is 70.1 cm³/mol. The molecule has 5 heteroatoms. The molecule has 0 saturated carbocycles. The van der Waals surface area contributed by atoms with E-state index in [1.807, 2.05) is 13.8 Å². The number of carbonyl (C=O) groups is 1. The standard InChI is InChI=1S/C11H15FN2O2.C2H6/c1-7-8(12)5-6-13-9(7)14-10(15)16-11(2,3)4;1-2/h5-6H,1-4H3,(H,13,14,15);1-2H3. The summed E-state index contributed by atoms with van der Waals surface area (Å²) in [6.07, 6.45) is 0.642. The summed E-state index contributed by atoms with van der Waals surface area (Å²) in [4.78, 5) is 15.3. The van der Waals surface area contributed by atoms with Gasteiger partial charge < -0.3 is 4.74 Å². The van der Waals surface area contributed by atoms with E-state index in [2.05, 4.69) is 10.3 Å². The molecule has 4 nitrogen and oxygen atoms in total. The molecule has 0 aliphatic heterocycles. The Labute approximate surface area is 108 Å². The lowest BCUT2D eigenvalue weighted by molar-refractivity contribution is 0.0635. The van der Waals surface area contributed by atoms with Gasteiger partial charge >= 0.3 is 6.09 Å². The lowest BCUT2D eigenvalue weighted by atomic mass is 10.2. The third-order valence-electron chi connectivity index (χ3n) is 1.76. The normalized spacial score (nSPS) is 10.2. The number of ether oxygens (including phenoxy) is 1. The van der Waals surface area contributed by atoms with E-state index in [9.17, 15) is 9.18 Å². The largest absolute Gasteiger partial charge is 0.444 e. The molecule has 0 radical (unpaired) electrons. The second-order valence-electron chi connectivity index (χ2n) is 4.39. The van der Waals surface area contributed by atoms with E-state index in [-0.39, 0.29) is 11.4 Å². The van der Waals surface area contributed by atoms with Crippen LogP contribution in [0.5, 0.6) is 0 Å². The van der Waals surface area contributed by atoms with Crippen LogP contribution in [0.2, 0.25) is 0 Å². The zero-order valence-corrected chi connectivity index (χ0v) is 11.8. The number of nitrogens with zero attached hydrogens (tertiary/aromatic N) is 1. The fraction of sp³-hybridized carbons (Fsp3) is 0.538. The average molecular weight is 256 g/mol. The Bertz CT molecular complexity index is 400. The molecule has 0 aliphatic rings. The number of amides is 1. The highest BCUT2D eigenvalue weighted by Crippen LogP contribution is 2.15. The lowest BCUT2D eigenvalue weighted by Crippen LogP contribution is -2.27. The van der Waals surface area contributed by atoms with Gasteiger partial charge in [-0.3, -0.25) is 5.32 Å². The van der Waals surface area contributed by atoms with Crippen molar-refractivity contribution in [2.45, 2.75) is 47.1 Å². The van der Waals surface area contributed by atoms with Gasteiger partial charge in [0.1, 0.15) is 17.2 Å². The number of anilines is 1. The van der Waals surface area contributed by atoms with Crippen molar-refractivity contribution < 1.29 is 13.9 Å². The number of halogens is 1. The highest BCUT2D eigenvalue weighted by atomic mass is 19.1. The zero-order chi connectivity index (χ0) is 14.3. The Morgan fingerprint density at radius 3 is 2.44 bits per heavy atom. The number of rotatable bonds is 1. The van der Waals surface area contributed by atoms with Crippen molar-refractivity contribution in [3.8, 4) is 0 Å². The fourth-order valence-electron chi connectivity index (χ4n) is 1.04. The van der Waals surface area contributed by atoms with E-state index in [1.54, 1.807) is 20.8 Å². The first-order chi connectivity index (χ1) is 8.29. The predicted octanol–water partition coefficient (Wildman–Crippen LogP) is 3.90. The van der Waals surface area contributed by atoms with E-state index in [4.69, 9.17) is 4.74 Å². The maximum atomic E-state index is 13.1. The second kappa shape index (κ2) is 6.93. The smallest absolute Gasteiger partial charge is 0.413 e. The summed E-state index contributed by atoms with van der Waals surface area (Å²) in [5.41, 5.74) is -0.306. The van der Waals surface area contributed by atoms with Crippen LogP contribution < -0.4 is 5.32 Å². The van der Waals surface area contributed by atoms with Gasteiger partial charge in [0.05, 0.1) is 0 Å². The second-order valence-corrected chi connectivity index (χ2v) is 4.39. The van der Waals surface area contributed by atoms with Crippen LogP contribution in [-0.2, 0) is 4.74 Å². The van der Waals surface area contributed by atoms with Crippen molar-refractivity contribution >= 4 is 11.9 Å². The van der Waals surface area contributed by atoms with E-state index >= 15 is 0 Å². The summed E-state index contributed by atoms with van der Waals surface area (Å²) in [5.74, 6) is -0.240. The molecule has 1 amide bonds. The first-order valence-electron chi connectivity index (χ1n) is 5.91. The van der Waals surface area contributed by atoms with Crippen molar-refractivity contribution in [2.75, 3.05) is 5.32 Å². The SMILES string of the molecule is CC.Cc1c(F)ccnc1NC(=O)OC(C)(C)C. The molecule has 0 fully saturated rings. The molecule has 0 bridgehead atoms. The van der Waals surface area contributed by atoms with Gasteiger partial charge in [-0.1, -0.05) is 13.8 Å². The van der Waals surface area contributed by atoms with Crippen LogP contribution in [0.1, 0.15) is 40.2 Å². The third-order valence-corrected chi connectivity index (χ3v) is 1.76. The minimum absolute atomic E-state index is 0.175. The number of carbonyl (C=O) groups excluding carboxylic acids is 1. The number of pyridine rings is 1. The quantitative estimate of drug-likeness (QED) is 0.829. The molecule has 1 aromatic rings. The van der Waals surface area contributed by atoms with Crippen LogP contribution in [0.3, 0.4) is 0 Å². The summed E-state index contributed by atoms with van der Waals surface area (Å²) in [6.45, 7) is 10.8. The monoisotopic (exact) mass is 256 g/mol. The van der Waals surface area contributed by atoms with Crippen molar-refractivity contribution in [3.63, 3.8) is 0 Å². The topological polar surface area (TPSA) is 51.2 Å². The molecule has 1 heterocycles. The van der Waals surface area contributed by atoms with Crippen LogP contribution in [0, 0.1) is 12.7 Å². The van der Waals surface area contributed by atoms with Crippen LogP contribution in [0.4, 0.5) is 15.0 Å². The first-order valence-corrected chi connectivity index (χ1v) is 5.91. The highest BCUT2D eigenvalue weighted by Gasteiger charge is 2.17. The zero-order valence-electron chi connectivity index (χ0n) is 11.8. The first kappa shape index (κ1) is 16.4. The molecule has 18 heavy (non-hydrogen) atoms. The maximum Gasteiger partial charge on any atom is 0.413 e. The van der Waals surface area contributed by atoms with Crippen LogP contribution in [-0.4, -0.2) is 16.7 Å². The van der Waals surface area contributed by atoms with Gasteiger partial charge in [0, 0.05) is 11.8 Å². The molecular weight excluding hydrogens is 235 g/mol. The Balaban J connectivity index is 0.00000137. The molecular formula is C13H21FN2O2. The number of nitrogens with one attached hydrogen (secondary N) is 1. The minimum atomic E-state index is -0.645. The van der Waals surface area contributed by atoms with Gasteiger partial charge in [0.2, 0.25) is 0 Å². The van der Waals surface area contributed by atoms with Crippen LogP contribution >= 0.6 is 0 Å². The van der Waals surface area contributed by atoms with Crippen molar-refractivity contribution in [3.05, 3.63) is 23.6 Å². The molecule has 0 saturated heterocycles. The van der Waals surface area contributed by atoms with Gasteiger partial charge in [0.25, 0.3) is 0 Å². The van der Waals surface area contributed by atoms with Crippen molar-refractivity contribution in [1.82, 2.24) is 4.98 Å². The van der Waals surface area contributed by atoms with E-state index in [0.717, 1.165) is 0 Å². The molecule has 1 rings (SSSR count). The number of aromatic nitrogens is 1. The Morgan fingerprint density at radius 1 is 1.39 bits per heavy atom. The molecule has 0 unspecified atom stereocenters. The fourth-order valence-corrected chi connectivity index (χ4v) is 1.04. The van der Waals surface area contributed by atoms with E-state index < -0.39 is 17.5 Å². The minimum Gasteiger partial charge on any atom is -0.444 e. The number of hydrogen-bond acceptors (Lipinski definition) is 3. The van der Waals surface area contributed by atoms with E-state index in [1.165, 1.54) is 19.2 Å². The maximum absolute atomic E-state index is 13.1. The summed E-state index contributed by atoms with van der Waals surface area (Å²) in [6, 6.07) is 1.23. The molecule has 0 spiro atoms. The number of hydrogen-bond donors (Lipinski definition) is 1. The average Bonchev–Trinajstić information content (AvgIpc) is 2.25. The summed E-state index contributed by atoms with van der Waals surface area (Å²) in [5, 5.41) is 2.40. The Hall–Kier alpha value is -1.65. The molecule has 102 valence electrons. The highest BCUT2D eigenvalue weighted by molar-refractivity contribution is 5.84. The third kappa shape index (κ3) is 5.61. The van der Waals surface area contributed by atoms with Gasteiger partial charge in [-0.2, -0.15) is 0 Å². The van der Waals surface area contributed by atoms with Crippen LogP contribution in [0.15, 0.2) is 12.3 Å². The van der Waals surface area contributed by atoms with Crippen molar-refractivity contribution in [1.29, 1.82) is 0 Å². The van der Waals surface area contributed by atoms with Gasteiger partial charge in [-0.25, -0.2) is 14.2 Å². The molecule has 1 N–H and O–H groups in total. The lowest BCUT2D eigenvalue weighted by Gasteiger charge is -2.19. The van der Waals surface area contributed by atoms with E-state index in [0.29, 0.717) is 0 Å². The molecule has 0 aromatic carbocycles. The van der Waals surface area contributed by atoms with Gasteiger partial charge in [-0.15, -0.1) is 0 Å². The van der Waals surface area contributed by atoms with Gasteiger partial charge in [-0.05, 0) is 33.8 Å². The van der Waals surface area contributed by atoms with Crippen molar-refractivity contribution in [2.24, 2.45) is 0 Å². The summed E-state index contributed by atoms with van der Waals surface area (Å²) < 4.78 is 18.2. The molecule has 0 aliphatic carbocycles. The van der Waals surface area contributed by atoms with Gasteiger partial charge in [0.15, 0.2) is 0 Å². The molecule has 1 aromatic heterocycles. The molecule has 0 atom stereocenters. The summed E-state index contributed by atoms with van der Waals surface area (Å²) in [7, 11) is 0. The Kier molecular flexibility index (Phi) is 6.30. The summed E-state index contributed by atoms with van der Waals surface area (Å²) >= 11 is 0. The Morgan fingerprint density at radius 2 is 1.94 bits per heavy atom.